The lowest BCUT2D eigenvalue weighted by molar-refractivity contribution is -0.133. The van der Waals surface area contributed by atoms with Gasteiger partial charge in [0.25, 0.3) is 0 Å². The van der Waals surface area contributed by atoms with Gasteiger partial charge in [-0.05, 0) is 32.6 Å². The van der Waals surface area contributed by atoms with Crippen molar-refractivity contribution < 1.29 is 17.9 Å². The Morgan fingerprint density at radius 3 is 2.33 bits per heavy atom. The predicted molar refractivity (Wildman–Crippen MR) is 82.5 cm³/mol. The summed E-state index contributed by atoms with van der Waals surface area (Å²) in [6, 6.07) is 0.0332. The molecule has 0 saturated carbocycles. The van der Waals surface area contributed by atoms with Gasteiger partial charge in [0.05, 0.1) is 5.75 Å². The summed E-state index contributed by atoms with van der Waals surface area (Å²) in [6.07, 6.45) is 0.841. The Labute approximate surface area is 128 Å². The number of piperidine rings is 1. The van der Waals surface area contributed by atoms with Gasteiger partial charge in [-0.1, -0.05) is 13.8 Å². The molecule has 124 valence electrons. The largest absolute Gasteiger partial charge is 0.368 e. The highest BCUT2D eigenvalue weighted by Gasteiger charge is 2.28. The van der Waals surface area contributed by atoms with E-state index in [1.165, 1.54) is 4.31 Å². The molecule has 1 atom stereocenters. The van der Waals surface area contributed by atoms with Gasteiger partial charge in [-0.25, -0.2) is 12.7 Å². The molecule has 0 unspecified atom stereocenters. The molecular formula is C14H28N2O4S. The molecule has 1 N–H and O–H groups in total. The van der Waals surface area contributed by atoms with Crippen LogP contribution in [0.1, 0.15) is 40.5 Å². The molecule has 0 spiro atoms. The first-order valence-corrected chi connectivity index (χ1v) is 9.27. The Balaban J connectivity index is 2.37. The lowest BCUT2D eigenvalue weighted by Gasteiger charge is -2.31. The number of nitrogens with zero attached hydrogens (tertiary/aromatic N) is 1. The van der Waals surface area contributed by atoms with Crippen LogP contribution in [0.15, 0.2) is 0 Å². The summed E-state index contributed by atoms with van der Waals surface area (Å²) in [5, 5.41) is 2.95. The van der Waals surface area contributed by atoms with Crippen LogP contribution in [0.5, 0.6) is 0 Å². The topological polar surface area (TPSA) is 75.7 Å². The van der Waals surface area contributed by atoms with Crippen LogP contribution in [0.25, 0.3) is 0 Å². The maximum atomic E-state index is 12.0. The summed E-state index contributed by atoms with van der Waals surface area (Å²) >= 11 is 0. The summed E-state index contributed by atoms with van der Waals surface area (Å²) in [6.45, 7) is 8.97. The van der Waals surface area contributed by atoms with Crippen molar-refractivity contribution in [3.63, 3.8) is 0 Å². The van der Waals surface area contributed by atoms with Crippen molar-refractivity contribution in [1.29, 1.82) is 0 Å². The maximum absolute atomic E-state index is 12.0. The fourth-order valence-electron chi connectivity index (χ4n) is 2.19. The second kappa shape index (κ2) is 8.10. The van der Waals surface area contributed by atoms with E-state index in [1.807, 2.05) is 13.8 Å². The first-order chi connectivity index (χ1) is 9.76. The van der Waals surface area contributed by atoms with Crippen molar-refractivity contribution in [2.45, 2.75) is 52.7 Å². The highest BCUT2D eigenvalue weighted by molar-refractivity contribution is 7.89. The quantitative estimate of drug-likeness (QED) is 0.758. The highest BCUT2D eigenvalue weighted by Crippen LogP contribution is 2.14. The molecule has 1 saturated heterocycles. The summed E-state index contributed by atoms with van der Waals surface area (Å²) in [5.74, 6) is 0.402. The highest BCUT2D eigenvalue weighted by atomic mass is 32.2. The number of hydrogen-bond donors (Lipinski definition) is 1. The fourth-order valence-corrected chi connectivity index (χ4v) is 3.32. The summed E-state index contributed by atoms with van der Waals surface area (Å²) in [7, 11) is -3.11. The smallest absolute Gasteiger partial charge is 0.249 e. The Bertz CT molecular complexity index is 428. The Hall–Kier alpha value is -0.660. The number of amides is 1. The zero-order chi connectivity index (χ0) is 16.0. The summed E-state index contributed by atoms with van der Waals surface area (Å²) in [5.41, 5.74) is 0. The van der Waals surface area contributed by atoms with Crippen LogP contribution in [-0.4, -0.2) is 56.2 Å². The van der Waals surface area contributed by atoms with Crippen LogP contribution in [0, 0.1) is 5.92 Å². The van der Waals surface area contributed by atoms with Crippen LogP contribution in [0.2, 0.25) is 0 Å². The van der Waals surface area contributed by atoms with Crippen LogP contribution in [0.4, 0.5) is 0 Å². The van der Waals surface area contributed by atoms with Crippen molar-refractivity contribution >= 4 is 15.9 Å². The second-order valence-electron chi connectivity index (χ2n) is 5.95. The molecule has 1 rings (SSSR count). The number of ether oxygens (including phenoxy) is 1. The molecule has 1 fully saturated rings. The zero-order valence-corrected chi connectivity index (χ0v) is 14.3. The Morgan fingerprint density at radius 1 is 1.29 bits per heavy atom. The van der Waals surface area contributed by atoms with Gasteiger partial charge in [-0.3, -0.25) is 4.79 Å². The molecule has 21 heavy (non-hydrogen) atoms. The molecule has 6 nitrogen and oxygen atoms in total. The van der Waals surface area contributed by atoms with Crippen molar-refractivity contribution in [2.75, 3.05) is 25.4 Å². The molecule has 0 bridgehead atoms. The van der Waals surface area contributed by atoms with Gasteiger partial charge in [0, 0.05) is 25.7 Å². The van der Waals surface area contributed by atoms with Gasteiger partial charge in [0.1, 0.15) is 6.10 Å². The van der Waals surface area contributed by atoms with E-state index in [2.05, 4.69) is 5.32 Å². The van der Waals surface area contributed by atoms with E-state index >= 15 is 0 Å². The van der Waals surface area contributed by atoms with E-state index in [0.29, 0.717) is 38.5 Å². The number of rotatable bonds is 7. The van der Waals surface area contributed by atoms with E-state index in [0.717, 1.165) is 0 Å². The standard InChI is InChI=1S/C14H28N2O4S/c1-5-21(18,19)16-8-6-13(7-9-16)15-14(17)12(4)20-10-11(2)3/h11-13H,5-10H2,1-4H3,(H,15,17)/t12-/m1/s1. The SMILES string of the molecule is CCS(=O)(=O)N1CCC(NC(=O)[C@@H](C)OCC(C)C)CC1. The van der Waals surface area contributed by atoms with Gasteiger partial charge in [-0.2, -0.15) is 0 Å². The van der Waals surface area contributed by atoms with Gasteiger partial charge >= 0.3 is 0 Å². The van der Waals surface area contributed by atoms with E-state index in [4.69, 9.17) is 4.74 Å². The minimum atomic E-state index is -3.11. The van der Waals surface area contributed by atoms with Crippen molar-refractivity contribution in [1.82, 2.24) is 9.62 Å². The molecule has 1 aliphatic rings. The van der Waals surface area contributed by atoms with E-state index in [1.54, 1.807) is 13.8 Å². The normalized spacial score (nSPS) is 19.7. The minimum absolute atomic E-state index is 0.0332. The molecule has 1 heterocycles. The van der Waals surface area contributed by atoms with E-state index < -0.39 is 16.1 Å². The second-order valence-corrected chi connectivity index (χ2v) is 8.21. The molecule has 0 aromatic rings. The van der Waals surface area contributed by atoms with Gasteiger partial charge < -0.3 is 10.1 Å². The molecule has 1 amide bonds. The third kappa shape index (κ3) is 5.92. The first-order valence-electron chi connectivity index (χ1n) is 7.66. The number of nitrogens with one attached hydrogen (secondary N) is 1. The van der Waals surface area contributed by atoms with E-state index in [9.17, 15) is 13.2 Å². The Kier molecular flexibility index (Phi) is 7.09. The number of carbonyl (C=O) groups excluding carboxylic acids is 1. The van der Waals surface area contributed by atoms with Crippen molar-refractivity contribution in [3.8, 4) is 0 Å². The lowest BCUT2D eigenvalue weighted by atomic mass is 10.1. The molecule has 0 aliphatic carbocycles. The first kappa shape index (κ1) is 18.4. The third-order valence-electron chi connectivity index (χ3n) is 3.61. The van der Waals surface area contributed by atoms with Crippen LogP contribution in [-0.2, 0) is 19.6 Å². The number of hydrogen-bond acceptors (Lipinski definition) is 4. The molecule has 1 aliphatic heterocycles. The van der Waals surface area contributed by atoms with Crippen LogP contribution >= 0.6 is 0 Å². The molecular weight excluding hydrogens is 292 g/mol. The molecule has 0 aromatic heterocycles. The van der Waals surface area contributed by atoms with Crippen molar-refractivity contribution in [3.05, 3.63) is 0 Å². The third-order valence-corrected chi connectivity index (χ3v) is 5.49. The predicted octanol–water partition coefficient (Wildman–Crippen LogP) is 0.978. The van der Waals surface area contributed by atoms with Gasteiger partial charge in [-0.15, -0.1) is 0 Å². The van der Waals surface area contributed by atoms with Gasteiger partial charge in [0.2, 0.25) is 15.9 Å². The number of sulfonamides is 1. The lowest BCUT2D eigenvalue weighted by Crippen LogP contribution is -2.49. The summed E-state index contributed by atoms with van der Waals surface area (Å²) in [4.78, 5) is 12.0. The van der Waals surface area contributed by atoms with E-state index in [-0.39, 0.29) is 17.7 Å². The van der Waals surface area contributed by atoms with Crippen molar-refractivity contribution in [2.24, 2.45) is 5.92 Å². The summed E-state index contributed by atoms with van der Waals surface area (Å²) < 4.78 is 30.5. The molecule has 0 aromatic carbocycles. The average Bonchev–Trinajstić information content (AvgIpc) is 2.45. The monoisotopic (exact) mass is 320 g/mol. The average molecular weight is 320 g/mol. The minimum Gasteiger partial charge on any atom is -0.368 e. The zero-order valence-electron chi connectivity index (χ0n) is 13.5. The van der Waals surface area contributed by atoms with Crippen LogP contribution in [0.3, 0.4) is 0 Å². The molecule has 7 heteroatoms. The maximum Gasteiger partial charge on any atom is 0.249 e. The van der Waals surface area contributed by atoms with Crippen LogP contribution < -0.4 is 5.32 Å². The number of carbonyl (C=O) groups is 1. The fraction of sp³-hybridized carbons (Fsp3) is 0.929. The molecule has 0 radical (unpaired) electrons. The Morgan fingerprint density at radius 2 is 1.86 bits per heavy atom. The van der Waals surface area contributed by atoms with Gasteiger partial charge in [0.15, 0.2) is 0 Å².